The lowest BCUT2D eigenvalue weighted by atomic mass is 10.2. The van der Waals surface area contributed by atoms with Crippen LogP contribution < -0.4 is 9.47 Å². The van der Waals surface area contributed by atoms with Crippen LogP contribution in [0.1, 0.15) is 23.1 Å². The summed E-state index contributed by atoms with van der Waals surface area (Å²) in [5.74, 6) is 1.20. The van der Waals surface area contributed by atoms with Crippen molar-refractivity contribution in [3.05, 3.63) is 41.7 Å². The molecule has 3 rings (SSSR count). The van der Waals surface area contributed by atoms with E-state index in [2.05, 4.69) is 10.2 Å². The van der Waals surface area contributed by atoms with Crippen molar-refractivity contribution in [3.8, 4) is 11.5 Å². The summed E-state index contributed by atoms with van der Waals surface area (Å²) in [5.41, 5.74) is 1.02. The Morgan fingerprint density at radius 3 is 2.54 bits per heavy atom. The molecule has 1 aliphatic rings. The topological polar surface area (TPSA) is 97.0 Å². The highest BCUT2D eigenvalue weighted by Crippen LogP contribution is 2.20. The van der Waals surface area contributed by atoms with Gasteiger partial charge >= 0.3 is 6.09 Å². The fourth-order valence-electron chi connectivity index (χ4n) is 2.87. The number of hydrogen-bond donors (Lipinski definition) is 1. The molecule has 0 radical (unpaired) electrons. The highest BCUT2D eigenvalue weighted by Gasteiger charge is 2.26. The minimum absolute atomic E-state index is 0.174. The fourth-order valence-corrected chi connectivity index (χ4v) is 2.87. The van der Waals surface area contributed by atoms with Gasteiger partial charge in [0.1, 0.15) is 18.1 Å². The standard InChI is InChI=1S/C19H24N4O5/c1-3-27-19(25)23-9-7-22(8-10-23)18(24)17-11-14(20-21-17)13-28-16-6-4-5-15(12-16)26-2/h4-6,11-12H,3,7-10,13H2,1-2H3,(H,20,21). The van der Waals surface area contributed by atoms with Crippen LogP contribution in [-0.4, -0.2) is 71.9 Å². The highest BCUT2D eigenvalue weighted by atomic mass is 16.6. The van der Waals surface area contributed by atoms with Gasteiger partial charge in [-0.2, -0.15) is 5.10 Å². The van der Waals surface area contributed by atoms with Gasteiger partial charge in [-0.05, 0) is 25.1 Å². The first kappa shape index (κ1) is 19.5. The van der Waals surface area contributed by atoms with Crippen molar-refractivity contribution in [2.75, 3.05) is 39.9 Å². The molecule has 9 nitrogen and oxygen atoms in total. The number of nitrogens with zero attached hydrogens (tertiary/aromatic N) is 3. The van der Waals surface area contributed by atoms with Crippen molar-refractivity contribution >= 4 is 12.0 Å². The molecule has 0 unspecified atom stereocenters. The number of rotatable bonds is 6. The van der Waals surface area contributed by atoms with Crippen LogP contribution in [0.25, 0.3) is 0 Å². The number of aromatic nitrogens is 2. The molecule has 2 amide bonds. The number of amides is 2. The molecule has 2 aromatic rings. The third kappa shape index (κ3) is 4.73. The molecule has 1 aliphatic heterocycles. The SMILES string of the molecule is CCOC(=O)N1CCN(C(=O)c2cc(COc3cccc(OC)c3)[nH]n2)CC1. The van der Waals surface area contributed by atoms with Crippen LogP contribution in [0.4, 0.5) is 4.79 Å². The van der Waals surface area contributed by atoms with E-state index in [0.29, 0.717) is 55.7 Å². The van der Waals surface area contributed by atoms with Gasteiger partial charge in [0, 0.05) is 32.2 Å². The van der Waals surface area contributed by atoms with Crippen LogP contribution in [0.15, 0.2) is 30.3 Å². The molecule has 0 spiro atoms. The zero-order valence-corrected chi connectivity index (χ0v) is 16.0. The first-order chi connectivity index (χ1) is 13.6. The predicted molar refractivity (Wildman–Crippen MR) is 100 cm³/mol. The molecule has 150 valence electrons. The molecule has 0 aliphatic carbocycles. The van der Waals surface area contributed by atoms with Gasteiger partial charge in [0.25, 0.3) is 5.91 Å². The predicted octanol–water partition coefficient (Wildman–Crippen LogP) is 1.91. The van der Waals surface area contributed by atoms with Gasteiger partial charge in [-0.1, -0.05) is 6.07 Å². The quantitative estimate of drug-likeness (QED) is 0.812. The lowest BCUT2D eigenvalue weighted by Crippen LogP contribution is -2.50. The van der Waals surface area contributed by atoms with E-state index in [4.69, 9.17) is 14.2 Å². The summed E-state index contributed by atoms with van der Waals surface area (Å²) in [6.07, 6.45) is -0.341. The third-order valence-electron chi connectivity index (χ3n) is 4.38. The molecule has 1 aromatic heterocycles. The van der Waals surface area contributed by atoms with E-state index in [1.54, 1.807) is 36.0 Å². The molecule has 0 saturated carbocycles. The number of carbonyl (C=O) groups is 2. The van der Waals surface area contributed by atoms with E-state index in [0.717, 1.165) is 0 Å². The molecule has 0 atom stereocenters. The normalized spacial score (nSPS) is 13.9. The zero-order chi connectivity index (χ0) is 19.9. The van der Waals surface area contributed by atoms with Crippen molar-refractivity contribution < 1.29 is 23.8 Å². The van der Waals surface area contributed by atoms with Crippen LogP contribution in [0.5, 0.6) is 11.5 Å². The number of hydrogen-bond acceptors (Lipinski definition) is 6. The van der Waals surface area contributed by atoms with E-state index in [9.17, 15) is 9.59 Å². The van der Waals surface area contributed by atoms with E-state index in [1.165, 1.54) is 0 Å². The van der Waals surface area contributed by atoms with E-state index in [1.807, 2.05) is 18.2 Å². The van der Waals surface area contributed by atoms with Crippen molar-refractivity contribution in [3.63, 3.8) is 0 Å². The monoisotopic (exact) mass is 388 g/mol. The minimum Gasteiger partial charge on any atom is -0.497 e. The van der Waals surface area contributed by atoms with Gasteiger partial charge in [-0.3, -0.25) is 9.89 Å². The Hall–Kier alpha value is -3.23. The van der Waals surface area contributed by atoms with Crippen LogP contribution in [0, 0.1) is 0 Å². The first-order valence-electron chi connectivity index (χ1n) is 9.12. The van der Waals surface area contributed by atoms with Crippen molar-refractivity contribution in [1.29, 1.82) is 0 Å². The smallest absolute Gasteiger partial charge is 0.409 e. The van der Waals surface area contributed by atoms with Gasteiger partial charge in [0.2, 0.25) is 0 Å². The van der Waals surface area contributed by atoms with Gasteiger partial charge < -0.3 is 24.0 Å². The van der Waals surface area contributed by atoms with Gasteiger partial charge in [-0.25, -0.2) is 4.79 Å². The third-order valence-corrected chi connectivity index (χ3v) is 4.38. The second-order valence-corrected chi connectivity index (χ2v) is 6.22. The lowest BCUT2D eigenvalue weighted by Gasteiger charge is -2.33. The fraction of sp³-hybridized carbons (Fsp3) is 0.421. The Bertz CT molecular complexity index is 814. The number of aromatic amines is 1. The number of H-pyrrole nitrogens is 1. The van der Waals surface area contributed by atoms with Gasteiger partial charge in [0.05, 0.1) is 19.4 Å². The maximum atomic E-state index is 12.6. The minimum atomic E-state index is -0.341. The Balaban J connectivity index is 1.52. The molecule has 9 heteroatoms. The second-order valence-electron chi connectivity index (χ2n) is 6.22. The average molecular weight is 388 g/mol. The highest BCUT2D eigenvalue weighted by molar-refractivity contribution is 5.92. The van der Waals surface area contributed by atoms with Crippen molar-refractivity contribution in [1.82, 2.24) is 20.0 Å². The average Bonchev–Trinajstić information content (AvgIpc) is 3.21. The summed E-state index contributed by atoms with van der Waals surface area (Å²) in [7, 11) is 1.60. The number of methoxy groups -OCH3 is 1. The first-order valence-corrected chi connectivity index (χ1v) is 9.12. The summed E-state index contributed by atoms with van der Waals surface area (Å²) in [5, 5.41) is 6.92. The van der Waals surface area contributed by atoms with Crippen LogP contribution in [0.2, 0.25) is 0 Å². The Labute approximate surface area is 163 Å². The Morgan fingerprint density at radius 1 is 1.11 bits per heavy atom. The molecule has 0 bridgehead atoms. The van der Waals surface area contributed by atoms with E-state index >= 15 is 0 Å². The lowest BCUT2D eigenvalue weighted by molar-refractivity contribution is 0.0566. The molecule has 28 heavy (non-hydrogen) atoms. The van der Waals surface area contributed by atoms with Gasteiger partial charge in [0.15, 0.2) is 5.69 Å². The molecule has 1 saturated heterocycles. The summed E-state index contributed by atoms with van der Waals surface area (Å²) in [6, 6.07) is 8.97. The number of piperazine rings is 1. The summed E-state index contributed by atoms with van der Waals surface area (Å²) < 4.78 is 15.9. The molecule has 2 heterocycles. The number of benzene rings is 1. The maximum Gasteiger partial charge on any atom is 0.409 e. The Kier molecular flexibility index (Phi) is 6.36. The second kappa shape index (κ2) is 9.12. The largest absolute Gasteiger partial charge is 0.497 e. The molecule has 1 N–H and O–H groups in total. The molecular formula is C19H24N4O5. The number of nitrogens with one attached hydrogen (secondary N) is 1. The number of ether oxygens (including phenoxy) is 3. The van der Waals surface area contributed by atoms with Crippen molar-refractivity contribution in [2.45, 2.75) is 13.5 Å². The Morgan fingerprint density at radius 2 is 1.82 bits per heavy atom. The zero-order valence-electron chi connectivity index (χ0n) is 16.0. The summed E-state index contributed by atoms with van der Waals surface area (Å²) in [4.78, 5) is 27.6. The molecule has 1 aromatic carbocycles. The maximum absolute atomic E-state index is 12.6. The van der Waals surface area contributed by atoms with Crippen LogP contribution >= 0.6 is 0 Å². The summed E-state index contributed by atoms with van der Waals surface area (Å²) in [6.45, 7) is 4.14. The van der Waals surface area contributed by atoms with Crippen LogP contribution in [0.3, 0.4) is 0 Å². The molecular weight excluding hydrogens is 364 g/mol. The summed E-state index contributed by atoms with van der Waals surface area (Å²) >= 11 is 0. The molecule has 1 fully saturated rings. The van der Waals surface area contributed by atoms with E-state index < -0.39 is 0 Å². The van der Waals surface area contributed by atoms with Crippen molar-refractivity contribution in [2.24, 2.45) is 0 Å². The van der Waals surface area contributed by atoms with E-state index in [-0.39, 0.29) is 18.6 Å². The van der Waals surface area contributed by atoms with Crippen LogP contribution in [-0.2, 0) is 11.3 Å². The van der Waals surface area contributed by atoms with Gasteiger partial charge in [-0.15, -0.1) is 0 Å². The number of carbonyl (C=O) groups excluding carboxylic acids is 2.